The Kier molecular flexibility index (Phi) is 3.52. The molecule has 5 heteroatoms. The molecule has 5 nitrogen and oxygen atoms in total. The molecule has 17 heavy (non-hydrogen) atoms. The Morgan fingerprint density at radius 2 is 2.06 bits per heavy atom. The highest BCUT2D eigenvalue weighted by molar-refractivity contribution is 5.82. The van der Waals surface area contributed by atoms with Crippen LogP contribution in [0.5, 0.6) is 11.5 Å². The zero-order chi connectivity index (χ0) is 12.1. The molecule has 1 aromatic rings. The Bertz CT molecular complexity index is 478. The van der Waals surface area contributed by atoms with Crippen LogP contribution in [0.15, 0.2) is 17.1 Å². The van der Waals surface area contributed by atoms with Crippen LogP contribution >= 0.6 is 0 Å². The largest absolute Gasteiger partial charge is 0.489 e. The van der Waals surface area contributed by atoms with Gasteiger partial charge in [0.15, 0.2) is 17.8 Å². The number of rotatable bonds is 3. The smallest absolute Gasteiger partial charge is 0.235 e. The Labute approximate surface area is 98.1 Å². The molecule has 2 rings (SSSR count). The van der Waals surface area contributed by atoms with E-state index in [4.69, 9.17) is 9.47 Å². The molecule has 1 aromatic carbocycles. The highest BCUT2D eigenvalue weighted by Gasteiger charge is 2.18. The molecule has 0 amide bonds. The van der Waals surface area contributed by atoms with Crippen molar-refractivity contribution >= 4 is 12.4 Å². The van der Waals surface area contributed by atoms with E-state index in [0.717, 1.165) is 18.3 Å². The molecule has 0 N–H and O–H groups in total. The van der Waals surface area contributed by atoms with Gasteiger partial charge in [-0.1, -0.05) is 6.07 Å². The number of aldehydes is 1. The number of hydrogen-bond donors (Lipinski definition) is 0. The fraction of sp³-hybridized carbons (Fsp3) is 0.333. The van der Waals surface area contributed by atoms with Gasteiger partial charge in [0.1, 0.15) is 0 Å². The van der Waals surface area contributed by atoms with Gasteiger partial charge in [0.2, 0.25) is 6.08 Å². The Hall–Kier alpha value is -2.13. The van der Waals surface area contributed by atoms with Crippen molar-refractivity contribution in [3.8, 4) is 11.5 Å². The highest BCUT2D eigenvalue weighted by Crippen LogP contribution is 2.36. The lowest BCUT2D eigenvalue weighted by Crippen LogP contribution is -1.99. The predicted octanol–water partition coefficient (Wildman–Crippen LogP) is 1.50. The second-order valence-electron chi connectivity index (χ2n) is 3.55. The third-order valence-electron chi connectivity index (χ3n) is 2.45. The van der Waals surface area contributed by atoms with Gasteiger partial charge in [-0.2, -0.15) is 0 Å². The normalized spacial score (nSPS) is 13.4. The first-order valence-corrected chi connectivity index (χ1v) is 5.27. The molecule has 0 aromatic heterocycles. The summed E-state index contributed by atoms with van der Waals surface area (Å²) in [7, 11) is 0. The van der Waals surface area contributed by atoms with Crippen LogP contribution in [0.3, 0.4) is 0 Å². The molecule has 0 fully saturated rings. The summed E-state index contributed by atoms with van der Waals surface area (Å²) in [5.41, 5.74) is 1.16. The van der Waals surface area contributed by atoms with Crippen molar-refractivity contribution in [3.63, 3.8) is 0 Å². The summed E-state index contributed by atoms with van der Waals surface area (Å²) >= 11 is 0. The maximum absolute atomic E-state index is 10.9. The van der Waals surface area contributed by atoms with Gasteiger partial charge in [0.05, 0.1) is 25.3 Å². The minimum atomic E-state index is 0.175. The monoisotopic (exact) mass is 233 g/mol. The molecule has 0 atom stereocenters. The van der Waals surface area contributed by atoms with Gasteiger partial charge >= 0.3 is 0 Å². The summed E-state index contributed by atoms with van der Waals surface area (Å²) < 4.78 is 11.0. The van der Waals surface area contributed by atoms with Crippen LogP contribution in [0.1, 0.15) is 22.3 Å². The lowest BCUT2D eigenvalue weighted by Gasteiger charge is -2.12. The fourth-order valence-corrected chi connectivity index (χ4v) is 1.67. The van der Waals surface area contributed by atoms with E-state index in [9.17, 15) is 9.59 Å². The number of fused-ring (bicyclic) bond motifs is 1. The van der Waals surface area contributed by atoms with E-state index in [1.807, 2.05) is 0 Å². The van der Waals surface area contributed by atoms with Crippen molar-refractivity contribution in [1.29, 1.82) is 0 Å². The van der Waals surface area contributed by atoms with E-state index in [2.05, 4.69) is 4.99 Å². The third-order valence-corrected chi connectivity index (χ3v) is 2.45. The minimum absolute atomic E-state index is 0.175. The summed E-state index contributed by atoms with van der Waals surface area (Å²) in [6.07, 6.45) is 2.95. The molecular weight excluding hydrogens is 222 g/mol. The molecular formula is C12H11NO4. The van der Waals surface area contributed by atoms with Gasteiger partial charge in [-0.15, -0.1) is 0 Å². The Morgan fingerprint density at radius 3 is 2.76 bits per heavy atom. The SMILES string of the molecule is O=C=NCc1ccc(C=O)c2c1OCCCO2. The quantitative estimate of drug-likeness (QED) is 0.451. The second-order valence-corrected chi connectivity index (χ2v) is 3.55. The average Bonchev–Trinajstić information content (AvgIpc) is 2.61. The van der Waals surface area contributed by atoms with Crippen LogP contribution in [-0.4, -0.2) is 25.6 Å². The van der Waals surface area contributed by atoms with Crippen molar-refractivity contribution in [2.75, 3.05) is 13.2 Å². The number of aliphatic imine (C=N–C) groups is 1. The maximum Gasteiger partial charge on any atom is 0.235 e. The van der Waals surface area contributed by atoms with Crippen LogP contribution in [0.25, 0.3) is 0 Å². The molecule has 0 aliphatic carbocycles. The van der Waals surface area contributed by atoms with Crippen LogP contribution < -0.4 is 9.47 Å². The molecule has 0 bridgehead atoms. The van der Waals surface area contributed by atoms with E-state index in [-0.39, 0.29) is 6.54 Å². The first-order chi connectivity index (χ1) is 8.36. The van der Waals surface area contributed by atoms with Crippen molar-refractivity contribution in [3.05, 3.63) is 23.3 Å². The van der Waals surface area contributed by atoms with E-state index >= 15 is 0 Å². The minimum Gasteiger partial charge on any atom is -0.489 e. The molecule has 0 unspecified atom stereocenters. The maximum atomic E-state index is 10.9. The van der Waals surface area contributed by atoms with Gasteiger partial charge in [-0.05, 0) is 6.07 Å². The standard InChI is InChI=1S/C12H11NO4/c14-7-10-3-2-9(6-13-8-15)11-12(10)17-5-1-4-16-11/h2-3,7H,1,4-6H2. The summed E-state index contributed by atoms with van der Waals surface area (Å²) in [6, 6.07) is 3.34. The van der Waals surface area contributed by atoms with Gasteiger partial charge in [0.25, 0.3) is 0 Å². The molecule has 1 aliphatic heterocycles. The van der Waals surface area contributed by atoms with Crippen molar-refractivity contribution in [1.82, 2.24) is 0 Å². The molecule has 0 saturated carbocycles. The third kappa shape index (κ3) is 2.34. The summed E-state index contributed by atoms with van der Waals surface area (Å²) in [6.45, 7) is 1.20. The van der Waals surface area contributed by atoms with Gasteiger partial charge in [-0.3, -0.25) is 4.79 Å². The van der Waals surface area contributed by atoms with Crippen molar-refractivity contribution in [2.45, 2.75) is 13.0 Å². The number of carbonyl (C=O) groups is 1. The number of nitrogens with zero attached hydrogens (tertiary/aromatic N) is 1. The molecule has 88 valence electrons. The average molecular weight is 233 g/mol. The molecule has 0 radical (unpaired) electrons. The van der Waals surface area contributed by atoms with E-state index in [1.165, 1.54) is 6.08 Å². The van der Waals surface area contributed by atoms with Crippen LogP contribution in [0.2, 0.25) is 0 Å². The summed E-state index contributed by atoms with van der Waals surface area (Å²) in [4.78, 5) is 24.5. The lowest BCUT2D eigenvalue weighted by molar-refractivity contribution is 0.111. The number of isocyanates is 1. The molecule has 0 saturated heterocycles. The zero-order valence-corrected chi connectivity index (χ0v) is 9.14. The van der Waals surface area contributed by atoms with Crippen molar-refractivity contribution in [2.24, 2.45) is 4.99 Å². The topological polar surface area (TPSA) is 65.0 Å². The highest BCUT2D eigenvalue weighted by atomic mass is 16.5. The van der Waals surface area contributed by atoms with E-state index < -0.39 is 0 Å². The molecule has 1 heterocycles. The predicted molar refractivity (Wildman–Crippen MR) is 59.3 cm³/mol. The number of carbonyl (C=O) groups excluding carboxylic acids is 2. The summed E-state index contributed by atoms with van der Waals surface area (Å²) in [5.74, 6) is 0.946. The lowest BCUT2D eigenvalue weighted by atomic mass is 10.1. The van der Waals surface area contributed by atoms with Crippen LogP contribution in [-0.2, 0) is 11.3 Å². The molecule has 1 aliphatic rings. The first kappa shape index (κ1) is 11.4. The summed E-state index contributed by atoms with van der Waals surface area (Å²) in [5, 5.41) is 0. The van der Waals surface area contributed by atoms with Crippen LogP contribution in [0, 0.1) is 0 Å². The van der Waals surface area contributed by atoms with Gasteiger partial charge in [0, 0.05) is 12.0 Å². The van der Waals surface area contributed by atoms with Gasteiger partial charge in [-0.25, -0.2) is 9.79 Å². The van der Waals surface area contributed by atoms with Crippen molar-refractivity contribution < 1.29 is 19.1 Å². The van der Waals surface area contributed by atoms with Crippen LogP contribution in [0.4, 0.5) is 0 Å². The zero-order valence-electron chi connectivity index (χ0n) is 9.14. The van der Waals surface area contributed by atoms with E-state index in [1.54, 1.807) is 12.1 Å². The Morgan fingerprint density at radius 1 is 1.29 bits per heavy atom. The second kappa shape index (κ2) is 5.27. The van der Waals surface area contributed by atoms with E-state index in [0.29, 0.717) is 30.3 Å². The molecule has 0 spiro atoms. The number of benzene rings is 1. The Balaban J connectivity index is 2.47. The number of ether oxygens (including phenoxy) is 2. The fourth-order valence-electron chi connectivity index (χ4n) is 1.67. The number of hydrogen-bond acceptors (Lipinski definition) is 5. The van der Waals surface area contributed by atoms with Gasteiger partial charge < -0.3 is 9.47 Å². The first-order valence-electron chi connectivity index (χ1n) is 5.27.